The normalized spacial score (nSPS) is 15.3. The molecule has 7 nitrogen and oxygen atoms in total. The molecule has 1 saturated heterocycles. The number of thiocarbonyl (C=S) groups is 1. The summed E-state index contributed by atoms with van der Waals surface area (Å²) in [5, 5.41) is 13.6. The molecule has 0 bridgehead atoms. The maximum absolute atomic E-state index is 12.8. The van der Waals surface area contributed by atoms with Gasteiger partial charge in [0.2, 0.25) is 5.13 Å². The lowest BCUT2D eigenvalue weighted by molar-refractivity contribution is -0.128. The van der Waals surface area contributed by atoms with Crippen LogP contribution in [0.4, 0.5) is 5.13 Å². The first kappa shape index (κ1) is 22.4. The molecule has 1 aliphatic rings. The van der Waals surface area contributed by atoms with Crippen molar-refractivity contribution in [2.75, 3.05) is 6.54 Å². The summed E-state index contributed by atoms with van der Waals surface area (Å²) in [6.07, 6.45) is 3.10. The molecule has 1 aromatic heterocycles. The first-order chi connectivity index (χ1) is 16.1. The molecule has 1 aliphatic heterocycles. The van der Waals surface area contributed by atoms with E-state index in [-0.39, 0.29) is 23.8 Å². The smallest absolute Gasteiger partial charge is 0.265 e. The third-order valence-electron chi connectivity index (χ3n) is 4.81. The highest BCUT2D eigenvalue weighted by Crippen LogP contribution is 2.27. The fourth-order valence-corrected chi connectivity index (χ4v) is 4.10. The van der Waals surface area contributed by atoms with Gasteiger partial charge in [-0.25, -0.2) is 4.98 Å². The number of aromatic nitrogens is 1. The van der Waals surface area contributed by atoms with Gasteiger partial charge in [0.1, 0.15) is 5.57 Å². The number of azo groups is 1. The van der Waals surface area contributed by atoms with E-state index in [1.807, 2.05) is 60.0 Å². The van der Waals surface area contributed by atoms with Gasteiger partial charge in [0.25, 0.3) is 11.8 Å². The van der Waals surface area contributed by atoms with E-state index in [2.05, 4.69) is 27.1 Å². The van der Waals surface area contributed by atoms with Gasteiger partial charge in [0.15, 0.2) is 5.11 Å². The molecule has 0 atom stereocenters. The second-order valence-electron chi connectivity index (χ2n) is 7.00. The van der Waals surface area contributed by atoms with Gasteiger partial charge in [-0.2, -0.15) is 5.11 Å². The van der Waals surface area contributed by atoms with E-state index >= 15 is 0 Å². The number of nitrogens with one attached hydrogen (secondary N) is 1. The summed E-state index contributed by atoms with van der Waals surface area (Å²) < 4.78 is 0. The lowest BCUT2D eigenvalue weighted by Gasteiger charge is -2.27. The van der Waals surface area contributed by atoms with Crippen LogP contribution in [0.25, 0.3) is 17.3 Å². The van der Waals surface area contributed by atoms with Crippen LogP contribution < -0.4 is 5.32 Å². The molecule has 33 heavy (non-hydrogen) atoms. The standard InChI is InChI=1S/C24H19N5O2S2/c1-2-12-29-22(31)19(21(30)27-24(29)32)13-17-10-6-7-11-18(17)14-25-28-23-26-20(15-33-23)16-8-4-3-5-9-16/h2-11,13,15H,1,12,14H2,(H,27,30,32). The number of benzene rings is 2. The number of thiazole rings is 1. The third kappa shape index (κ3) is 5.16. The van der Waals surface area contributed by atoms with E-state index in [1.165, 1.54) is 16.2 Å². The third-order valence-corrected chi connectivity index (χ3v) is 5.86. The Morgan fingerprint density at radius 2 is 1.88 bits per heavy atom. The van der Waals surface area contributed by atoms with E-state index in [4.69, 9.17) is 12.2 Å². The Balaban J connectivity index is 1.53. The zero-order valence-corrected chi connectivity index (χ0v) is 19.1. The van der Waals surface area contributed by atoms with Crippen LogP contribution in [0.3, 0.4) is 0 Å². The van der Waals surface area contributed by atoms with Gasteiger partial charge in [-0.1, -0.05) is 60.7 Å². The average molecular weight is 474 g/mol. The Morgan fingerprint density at radius 3 is 2.67 bits per heavy atom. The molecule has 0 unspecified atom stereocenters. The van der Waals surface area contributed by atoms with Gasteiger partial charge >= 0.3 is 0 Å². The zero-order valence-electron chi connectivity index (χ0n) is 17.5. The molecule has 0 aliphatic carbocycles. The fraction of sp³-hybridized carbons (Fsp3) is 0.0833. The van der Waals surface area contributed by atoms with Gasteiger partial charge in [0.05, 0.1) is 12.2 Å². The summed E-state index contributed by atoms with van der Waals surface area (Å²) in [5.41, 5.74) is 3.39. The van der Waals surface area contributed by atoms with Gasteiger partial charge in [-0.05, 0) is 29.4 Å². The topological polar surface area (TPSA) is 87.0 Å². The maximum atomic E-state index is 12.8. The molecule has 1 N–H and O–H groups in total. The highest BCUT2D eigenvalue weighted by molar-refractivity contribution is 7.80. The van der Waals surface area contributed by atoms with Crippen molar-refractivity contribution >= 4 is 51.7 Å². The van der Waals surface area contributed by atoms with E-state index < -0.39 is 11.8 Å². The Kier molecular flexibility index (Phi) is 6.92. The zero-order chi connectivity index (χ0) is 23.2. The monoisotopic (exact) mass is 473 g/mol. The van der Waals surface area contributed by atoms with Crippen molar-refractivity contribution in [3.05, 3.63) is 89.3 Å². The van der Waals surface area contributed by atoms with Crippen LogP contribution in [-0.2, 0) is 16.1 Å². The van der Waals surface area contributed by atoms with Gasteiger partial charge in [-0.3, -0.25) is 19.8 Å². The molecule has 0 radical (unpaired) electrons. The first-order valence-electron chi connectivity index (χ1n) is 10.0. The van der Waals surface area contributed by atoms with Gasteiger partial charge < -0.3 is 0 Å². The number of hydrogen-bond acceptors (Lipinski definition) is 7. The van der Waals surface area contributed by atoms with Crippen LogP contribution in [0, 0.1) is 0 Å². The average Bonchev–Trinajstić information content (AvgIpc) is 3.30. The van der Waals surface area contributed by atoms with Crippen LogP contribution >= 0.6 is 23.6 Å². The molecule has 3 aromatic rings. The molecule has 2 heterocycles. The van der Waals surface area contributed by atoms with Crippen molar-refractivity contribution in [1.82, 2.24) is 15.2 Å². The number of carbonyl (C=O) groups is 2. The van der Waals surface area contributed by atoms with E-state index in [1.54, 1.807) is 12.2 Å². The molecule has 2 aromatic carbocycles. The number of hydrogen-bond donors (Lipinski definition) is 1. The minimum Gasteiger partial charge on any atom is -0.298 e. The number of amides is 2. The van der Waals surface area contributed by atoms with Crippen LogP contribution in [0.1, 0.15) is 11.1 Å². The summed E-state index contributed by atoms with van der Waals surface area (Å²) in [6, 6.07) is 17.3. The molecular weight excluding hydrogens is 454 g/mol. The SMILES string of the molecule is C=CCN1C(=O)C(=Cc2ccccc2CN=Nc2nc(-c3ccccc3)cs2)C(=O)NC1=S. The molecule has 9 heteroatoms. The molecule has 0 spiro atoms. The number of nitrogens with zero attached hydrogens (tertiary/aromatic N) is 4. The van der Waals surface area contributed by atoms with E-state index in [9.17, 15) is 9.59 Å². The quantitative estimate of drug-likeness (QED) is 0.174. The summed E-state index contributed by atoms with van der Waals surface area (Å²) in [4.78, 5) is 31.0. The Hall–Kier alpha value is -3.82. The predicted molar refractivity (Wildman–Crippen MR) is 133 cm³/mol. The molecular formula is C24H19N5O2S2. The van der Waals surface area contributed by atoms with Crippen LogP contribution in [-0.4, -0.2) is 33.4 Å². The lowest BCUT2D eigenvalue weighted by Crippen LogP contribution is -2.53. The minimum absolute atomic E-state index is 0.00210. The van der Waals surface area contributed by atoms with Gasteiger partial charge in [0, 0.05) is 17.5 Å². The second kappa shape index (κ2) is 10.2. The Labute approximate surface area is 200 Å². The highest BCUT2D eigenvalue weighted by Gasteiger charge is 2.32. The van der Waals surface area contributed by atoms with Crippen molar-refractivity contribution in [3.8, 4) is 11.3 Å². The van der Waals surface area contributed by atoms with Crippen molar-refractivity contribution in [3.63, 3.8) is 0 Å². The minimum atomic E-state index is -0.530. The Morgan fingerprint density at radius 1 is 1.12 bits per heavy atom. The number of carbonyl (C=O) groups excluding carboxylic acids is 2. The van der Waals surface area contributed by atoms with E-state index in [0.717, 1.165) is 16.8 Å². The number of rotatable bonds is 7. The van der Waals surface area contributed by atoms with Crippen molar-refractivity contribution in [1.29, 1.82) is 0 Å². The molecule has 164 valence electrons. The summed E-state index contributed by atoms with van der Waals surface area (Å²) in [6.45, 7) is 4.11. The summed E-state index contributed by atoms with van der Waals surface area (Å²) >= 11 is 6.50. The van der Waals surface area contributed by atoms with Crippen LogP contribution in [0.5, 0.6) is 0 Å². The van der Waals surface area contributed by atoms with Crippen molar-refractivity contribution in [2.45, 2.75) is 6.54 Å². The molecule has 1 fully saturated rings. The first-order valence-corrected chi connectivity index (χ1v) is 11.3. The molecule has 2 amide bonds. The second-order valence-corrected chi connectivity index (χ2v) is 8.22. The van der Waals surface area contributed by atoms with Crippen molar-refractivity contribution in [2.24, 2.45) is 10.2 Å². The molecule has 4 rings (SSSR count). The van der Waals surface area contributed by atoms with Crippen molar-refractivity contribution < 1.29 is 9.59 Å². The summed E-state index contributed by atoms with van der Waals surface area (Å²) in [7, 11) is 0. The van der Waals surface area contributed by atoms with Crippen LogP contribution in [0.15, 0.2) is 88.4 Å². The van der Waals surface area contributed by atoms with E-state index in [0.29, 0.717) is 10.7 Å². The van der Waals surface area contributed by atoms with Gasteiger partial charge in [-0.15, -0.1) is 23.0 Å². The fourth-order valence-electron chi connectivity index (χ4n) is 3.19. The predicted octanol–water partition coefficient (Wildman–Crippen LogP) is 4.91. The largest absolute Gasteiger partial charge is 0.298 e. The molecule has 0 saturated carbocycles. The Bertz CT molecular complexity index is 1280. The lowest BCUT2D eigenvalue weighted by atomic mass is 10.0. The summed E-state index contributed by atoms with van der Waals surface area (Å²) in [5.74, 6) is -0.991. The maximum Gasteiger partial charge on any atom is 0.265 e. The van der Waals surface area contributed by atoms with Crippen LogP contribution in [0.2, 0.25) is 0 Å². The highest BCUT2D eigenvalue weighted by atomic mass is 32.1.